The Bertz CT molecular complexity index is 2970. The van der Waals surface area contributed by atoms with Crippen LogP contribution in [0.15, 0.2) is 88.2 Å². The van der Waals surface area contributed by atoms with Gasteiger partial charge in [0.1, 0.15) is 28.2 Å². The average molecular weight is 867 g/mol. The molecule has 2 aromatic carbocycles. The molecule has 5 aromatic heterocycles. The number of piperidine rings is 2. The summed E-state index contributed by atoms with van der Waals surface area (Å²) < 4.78 is 75.0. The zero-order chi connectivity index (χ0) is 41.6. The molecule has 2 saturated heterocycles. The topological polar surface area (TPSA) is 180 Å². The van der Waals surface area contributed by atoms with Crippen LogP contribution in [0, 0.1) is 6.92 Å². The van der Waals surface area contributed by atoms with Gasteiger partial charge in [-0.05, 0) is 73.7 Å². The summed E-state index contributed by atoms with van der Waals surface area (Å²) in [6, 6.07) is 21.8. The number of hydrogen-bond donors (Lipinski definition) is 0. The summed E-state index contributed by atoms with van der Waals surface area (Å²) in [6.45, 7) is 3.23. The number of sulfonamides is 2. The predicted octanol–water partition coefficient (Wildman–Crippen LogP) is 6.62. The number of fused-ring (bicyclic) bond motifs is 3. The molecule has 0 bridgehead atoms. The first-order valence-electron chi connectivity index (χ1n) is 19.6. The molecule has 0 spiro atoms. The molecule has 9 rings (SSSR count). The molecular weight excluding hydrogens is 825 g/mol. The Morgan fingerprint density at radius 3 is 2.08 bits per heavy atom. The first kappa shape index (κ1) is 40.0. The van der Waals surface area contributed by atoms with E-state index in [0.717, 1.165) is 21.3 Å². The zero-order valence-electron chi connectivity index (χ0n) is 33.2. The SMILES string of the molecule is COc1cc2nc(COc3ccc4ncnc(C5CCN(S(=O)(=O)c6ccc(C)s6)CC5)c4n3)nc(C3CCN(S(=O)(=O)c4ccc5ccccc5c4)CC3)c2nc1OC. The maximum Gasteiger partial charge on any atom is 0.257 e. The van der Waals surface area contributed by atoms with Gasteiger partial charge in [-0.2, -0.15) is 8.61 Å². The molecule has 310 valence electrons. The average Bonchev–Trinajstić information content (AvgIpc) is 3.74. The highest BCUT2D eigenvalue weighted by molar-refractivity contribution is 7.91. The Labute approximate surface area is 351 Å². The van der Waals surface area contributed by atoms with Crippen molar-refractivity contribution in [2.75, 3.05) is 40.4 Å². The van der Waals surface area contributed by atoms with Crippen molar-refractivity contribution in [3.8, 4) is 17.5 Å². The van der Waals surface area contributed by atoms with Crippen molar-refractivity contribution >= 4 is 64.2 Å². The number of methoxy groups -OCH3 is 2. The maximum atomic E-state index is 13.8. The molecule has 7 aromatic rings. The van der Waals surface area contributed by atoms with Gasteiger partial charge in [-0.25, -0.2) is 46.7 Å². The highest BCUT2D eigenvalue weighted by atomic mass is 32.2. The number of aryl methyl sites for hydroxylation is 1. The van der Waals surface area contributed by atoms with Crippen LogP contribution in [0.25, 0.3) is 32.8 Å². The van der Waals surface area contributed by atoms with E-state index in [9.17, 15) is 16.8 Å². The molecule has 7 heterocycles. The molecule has 0 unspecified atom stereocenters. The van der Waals surface area contributed by atoms with Crippen molar-refractivity contribution in [3.63, 3.8) is 0 Å². The monoisotopic (exact) mass is 866 g/mol. The molecule has 2 aliphatic rings. The molecule has 0 amide bonds. The second-order valence-electron chi connectivity index (χ2n) is 14.9. The van der Waals surface area contributed by atoms with E-state index in [1.165, 1.54) is 31.9 Å². The normalized spacial score (nSPS) is 16.4. The Morgan fingerprint density at radius 2 is 1.38 bits per heavy atom. The minimum Gasteiger partial charge on any atom is -0.491 e. The minimum absolute atomic E-state index is 0.0189. The standard InChI is InChI=1S/C42H42N8O7S3/c1-26-8-13-37(58-26)60(53,54)50-20-14-28(15-21-50)38-40-32(43-25-44-38)11-12-36(47-40)57-24-35-45-33-23-34(55-2)42(56-3)48-41(33)39(46-35)29-16-18-49(19-17-29)59(51,52)31-10-9-27-6-4-5-7-30(27)22-31/h4-13,22-23,25,28-29H,14-21,24H2,1-3H3. The van der Waals surface area contributed by atoms with Crippen LogP contribution in [0.1, 0.15) is 59.6 Å². The number of pyridine rings is 2. The lowest BCUT2D eigenvalue weighted by molar-refractivity contribution is 0.283. The van der Waals surface area contributed by atoms with Crippen LogP contribution in [-0.2, 0) is 26.7 Å². The van der Waals surface area contributed by atoms with E-state index in [2.05, 4.69) is 9.97 Å². The third-order valence-electron chi connectivity index (χ3n) is 11.3. The van der Waals surface area contributed by atoms with Crippen LogP contribution < -0.4 is 14.2 Å². The number of ether oxygens (including phenoxy) is 3. The summed E-state index contributed by atoms with van der Waals surface area (Å²) >= 11 is 1.28. The quantitative estimate of drug-likeness (QED) is 0.136. The number of thiophene rings is 1. The third kappa shape index (κ3) is 7.62. The lowest BCUT2D eigenvalue weighted by Gasteiger charge is -2.31. The molecule has 0 N–H and O–H groups in total. The minimum atomic E-state index is -3.73. The smallest absolute Gasteiger partial charge is 0.257 e. The van der Waals surface area contributed by atoms with E-state index >= 15 is 0 Å². The van der Waals surface area contributed by atoms with Crippen LogP contribution in [-0.4, -0.2) is 95.7 Å². The number of aromatic nitrogens is 6. The molecule has 0 atom stereocenters. The van der Waals surface area contributed by atoms with Crippen molar-refractivity contribution < 1.29 is 31.0 Å². The maximum absolute atomic E-state index is 13.8. The van der Waals surface area contributed by atoms with Gasteiger partial charge in [0.05, 0.1) is 41.5 Å². The van der Waals surface area contributed by atoms with Crippen molar-refractivity contribution in [2.45, 2.75) is 60.2 Å². The lowest BCUT2D eigenvalue weighted by Crippen LogP contribution is -2.38. The molecular formula is C42H42N8O7S3. The van der Waals surface area contributed by atoms with Crippen LogP contribution in [0.5, 0.6) is 17.5 Å². The van der Waals surface area contributed by atoms with Gasteiger partial charge in [0.15, 0.2) is 11.6 Å². The summed E-state index contributed by atoms with van der Waals surface area (Å²) in [6.07, 6.45) is 3.73. The largest absolute Gasteiger partial charge is 0.491 e. The Hall–Kier alpha value is -5.40. The fraction of sp³-hybridized carbons (Fsp3) is 0.333. The molecule has 18 heteroatoms. The van der Waals surface area contributed by atoms with Gasteiger partial charge in [-0.3, -0.25) is 0 Å². The van der Waals surface area contributed by atoms with Gasteiger partial charge in [0.25, 0.3) is 15.9 Å². The van der Waals surface area contributed by atoms with Gasteiger partial charge in [0, 0.05) is 55.0 Å². The fourth-order valence-electron chi connectivity index (χ4n) is 8.09. The molecule has 2 aliphatic heterocycles. The second-order valence-corrected chi connectivity index (χ2v) is 20.3. The Kier molecular flexibility index (Phi) is 10.8. The first-order chi connectivity index (χ1) is 29.0. The van der Waals surface area contributed by atoms with Gasteiger partial charge in [-0.15, -0.1) is 11.3 Å². The van der Waals surface area contributed by atoms with E-state index in [1.54, 1.807) is 38.9 Å². The van der Waals surface area contributed by atoms with E-state index in [-0.39, 0.29) is 23.3 Å². The zero-order valence-corrected chi connectivity index (χ0v) is 35.6. The third-order valence-corrected chi connectivity index (χ3v) is 16.5. The molecule has 15 nitrogen and oxygen atoms in total. The van der Waals surface area contributed by atoms with Gasteiger partial charge < -0.3 is 14.2 Å². The van der Waals surface area contributed by atoms with Crippen LogP contribution in [0.3, 0.4) is 0 Å². The van der Waals surface area contributed by atoms with E-state index in [0.29, 0.717) is 107 Å². The summed E-state index contributed by atoms with van der Waals surface area (Å²) in [5, 5.41) is 1.85. The molecule has 0 saturated carbocycles. The first-order valence-corrected chi connectivity index (χ1v) is 23.3. The van der Waals surface area contributed by atoms with Crippen LogP contribution in [0.2, 0.25) is 0 Å². The van der Waals surface area contributed by atoms with E-state index < -0.39 is 20.0 Å². The van der Waals surface area contributed by atoms with Crippen LogP contribution in [0.4, 0.5) is 0 Å². The second kappa shape index (κ2) is 16.2. The number of rotatable bonds is 11. The molecule has 0 aliphatic carbocycles. The summed E-state index contributed by atoms with van der Waals surface area (Å²) in [5.74, 6) is 1.27. The Balaban J connectivity index is 0.947. The number of hydrogen-bond acceptors (Lipinski definition) is 14. The fourth-order valence-corrected chi connectivity index (χ4v) is 12.5. The predicted molar refractivity (Wildman–Crippen MR) is 227 cm³/mol. The van der Waals surface area contributed by atoms with Crippen molar-refractivity contribution in [1.29, 1.82) is 0 Å². The summed E-state index contributed by atoms with van der Waals surface area (Å²) in [7, 11) is -4.24. The summed E-state index contributed by atoms with van der Waals surface area (Å²) in [5.41, 5.74) is 3.75. The number of nitrogens with zero attached hydrogens (tertiary/aromatic N) is 8. The van der Waals surface area contributed by atoms with Gasteiger partial charge >= 0.3 is 0 Å². The Morgan fingerprint density at radius 1 is 0.683 bits per heavy atom. The van der Waals surface area contributed by atoms with Crippen molar-refractivity contribution in [1.82, 2.24) is 38.5 Å². The van der Waals surface area contributed by atoms with Gasteiger partial charge in [0.2, 0.25) is 15.9 Å². The number of benzene rings is 2. The van der Waals surface area contributed by atoms with Crippen LogP contribution >= 0.6 is 11.3 Å². The highest BCUT2D eigenvalue weighted by Gasteiger charge is 2.34. The van der Waals surface area contributed by atoms with E-state index in [1.807, 2.05) is 49.4 Å². The molecule has 2 fully saturated rings. The van der Waals surface area contributed by atoms with Crippen molar-refractivity contribution in [2.24, 2.45) is 0 Å². The van der Waals surface area contributed by atoms with Crippen molar-refractivity contribution in [3.05, 3.63) is 101 Å². The van der Waals surface area contributed by atoms with E-state index in [4.69, 9.17) is 34.1 Å². The molecule has 0 radical (unpaired) electrons. The summed E-state index contributed by atoms with van der Waals surface area (Å²) in [4.78, 5) is 29.7. The lowest BCUT2D eigenvalue weighted by atomic mass is 9.93. The molecule has 60 heavy (non-hydrogen) atoms. The van der Waals surface area contributed by atoms with Gasteiger partial charge in [-0.1, -0.05) is 30.3 Å². The highest BCUT2D eigenvalue weighted by Crippen LogP contribution is 2.37.